The fourth-order valence-electron chi connectivity index (χ4n) is 12.0. The summed E-state index contributed by atoms with van der Waals surface area (Å²) in [4.78, 5) is 4.89. The molecular formula is C69H46N2. The van der Waals surface area contributed by atoms with Gasteiger partial charge >= 0.3 is 0 Å². The maximum absolute atomic E-state index is 2.51. The zero-order valence-corrected chi connectivity index (χ0v) is 39.0. The van der Waals surface area contributed by atoms with Gasteiger partial charge in [-0.3, -0.25) is 0 Å². The predicted molar refractivity (Wildman–Crippen MR) is 298 cm³/mol. The Bertz CT molecular complexity index is 3880. The summed E-state index contributed by atoms with van der Waals surface area (Å²) in [6.45, 7) is 0. The second-order valence-electron chi connectivity index (χ2n) is 18.8. The van der Waals surface area contributed by atoms with Crippen molar-refractivity contribution >= 4 is 55.7 Å². The lowest BCUT2D eigenvalue weighted by atomic mass is 9.69. The van der Waals surface area contributed by atoms with Crippen LogP contribution < -0.4 is 9.80 Å². The Morgan fingerprint density at radius 2 is 0.648 bits per heavy atom. The van der Waals surface area contributed by atoms with Crippen molar-refractivity contribution in [3.8, 4) is 44.5 Å². The topological polar surface area (TPSA) is 6.48 Å². The van der Waals surface area contributed by atoms with Crippen LogP contribution in [0.25, 0.3) is 66.1 Å². The lowest BCUT2D eigenvalue weighted by Gasteiger charge is -2.33. The molecule has 14 rings (SSSR count). The van der Waals surface area contributed by atoms with Crippen LogP contribution in [0, 0.1) is 0 Å². The molecule has 1 unspecified atom stereocenters. The van der Waals surface area contributed by atoms with Crippen LogP contribution in [0.3, 0.4) is 0 Å². The van der Waals surface area contributed by atoms with Gasteiger partial charge in [0.15, 0.2) is 0 Å². The highest BCUT2D eigenvalue weighted by molar-refractivity contribution is 6.08. The summed E-state index contributed by atoms with van der Waals surface area (Å²) in [6, 6.07) is 103. The van der Waals surface area contributed by atoms with E-state index in [9.17, 15) is 0 Å². The summed E-state index contributed by atoms with van der Waals surface area (Å²) >= 11 is 0. The Balaban J connectivity index is 0.973. The van der Waals surface area contributed by atoms with E-state index in [1.165, 1.54) is 77.5 Å². The lowest BCUT2D eigenvalue weighted by Crippen LogP contribution is -2.26. The van der Waals surface area contributed by atoms with E-state index in [0.717, 1.165) is 44.9 Å². The van der Waals surface area contributed by atoms with E-state index in [1.54, 1.807) is 0 Å². The molecule has 2 nitrogen and oxygen atoms in total. The Morgan fingerprint density at radius 1 is 0.239 bits per heavy atom. The van der Waals surface area contributed by atoms with Gasteiger partial charge in [-0.2, -0.15) is 0 Å². The first-order chi connectivity index (χ1) is 35.2. The van der Waals surface area contributed by atoms with E-state index in [0.29, 0.717) is 0 Å². The predicted octanol–water partition coefficient (Wildman–Crippen LogP) is 18.6. The second-order valence-corrected chi connectivity index (χ2v) is 18.8. The molecular weight excluding hydrogens is 857 g/mol. The number of hydrogen-bond donors (Lipinski definition) is 0. The average Bonchev–Trinajstić information content (AvgIpc) is 3.92. The molecule has 0 heterocycles. The molecule has 0 fully saturated rings. The van der Waals surface area contributed by atoms with E-state index in [2.05, 4.69) is 289 Å². The molecule has 0 N–H and O–H groups in total. The number of benzene rings is 12. The molecule has 0 saturated heterocycles. The SMILES string of the molecule is c1ccc(-c2ccc(N(c3ccc(-c4ccccc4)cc3)c3cccc4c(N(c5ccccc5)c5ccc6c(c5)C5(c7ccccc7-6)c6ccccc6-c6ccc7ccccc7c65)cccc34)cc2)cc1. The summed E-state index contributed by atoms with van der Waals surface area (Å²) in [7, 11) is 0. The Kier molecular flexibility index (Phi) is 9.47. The van der Waals surface area contributed by atoms with E-state index in [1.807, 2.05) is 0 Å². The van der Waals surface area contributed by atoms with Gasteiger partial charge in [-0.05, 0) is 138 Å². The molecule has 2 aliphatic rings. The van der Waals surface area contributed by atoms with E-state index in [-0.39, 0.29) is 0 Å². The number of para-hydroxylation sites is 1. The van der Waals surface area contributed by atoms with E-state index in [4.69, 9.17) is 0 Å². The van der Waals surface area contributed by atoms with Crippen molar-refractivity contribution in [2.24, 2.45) is 0 Å². The number of hydrogen-bond acceptors (Lipinski definition) is 2. The molecule has 71 heavy (non-hydrogen) atoms. The molecule has 0 amide bonds. The third-order valence-electron chi connectivity index (χ3n) is 15.0. The van der Waals surface area contributed by atoms with Crippen LogP contribution in [0.1, 0.15) is 22.3 Å². The average molecular weight is 903 g/mol. The van der Waals surface area contributed by atoms with Gasteiger partial charge in [0.05, 0.1) is 16.8 Å². The van der Waals surface area contributed by atoms with Crippen molar-refractivity contribution in [2.75, 3.05) is 9.80 Å². The van der Waals surface area contributed by atoms with Gasteiger partial charge in [0, 0.05) is 33.5 Å². The van der Waals surface area contributed by atoms with Crippen molar-refractivity contribution < 1.29 is 0 Å². The van der Waals surface area contributed by atoms with Crippen molar-refractivity contribution in [3.05, 3.63) is 301 Å². The van der Waals surface area contributed by atoms with Crippen LogP contribution in [0.4, 0.5) is 34.1 Å². The van der Waals surface area contributed by atoms with Gasteiger partial charge < -0.3 is 9.80 Å². The highest BCUT2D eigenvalue weighted by Crippen LogP contribution is 2.64. The van der Waals surface area contributed by atoms with E-state index >= 15 is 0 Å². The molecule has 1 atom stereocenters. The summed E-state index contributed by atoms with van der Waals surface area (Å²) in [6.07, 6.45) is 0. The van der Waals surface area contributed by atoms with Gasteiger partial charge in [0.25, 0.3) is 0 Å². The minimum Gasteiger partial charge on any atom is -0.310 e. The number of fused-ring (bicyclic) bond motifs is 13. The fourth-order valence-corrected chi connectivity index (χ4v) is 12.0. The van der Waals surface area contributed by atoms with Gasteiger partial charge in [-0.1, -0.05) is 218 Å². The number of rotatable bonds is 8. The molecule has 0 saturated carbocycles. The molecule has 12 aromatic carbocycles. The Labute approximate surface area is 414 Å². The second kappa shape index (κ2) is 16.5. The molecule has 0 bridgehead atoms. The molecule has 1 spiro atoms. The van der Waals surface area contributed by atoms with Crippen LogP contribution >= 0.6 is 0 Å². The zero-order valence-electron chi connectivity index (χ0n) is 39.0. The summed E-state index contributed by atoms with van der Waals surface area (Å²) in [5.41, 5.74) is 21.4. The van der Waals surface area contributed by atoms with Crippen molar-refractivity contribution in [1.29, 1.82) is 0 Å². The first-order valence-corrected chi connectivity index (χ1v) is 24.6. The number of anilines is 6. The molecule has 2 aliphatic carbocycles. The van der Waals surface area contributed by atoms with Crippen LogP contribution in [0.2, 0.25) is 0 Å². The van der Waals surface area contributed by atoms with Crippen molar-refractivity contribution in [2.45, 2.75) is 5.41 Å². The third-order valence-corrected chi connectivity index (χ3v) is 15.0. The van der Waals surface area contributed by atoms with Crippen molar-refractivity contribution in [3.63, 3.8) is 0 Å². The minimum atomic E-state index is -0.518. The minimum absolute atomic E-state index is 0.518. The standard InChI is InChI=1S/C69H46N2/c1-4-18-47(19-5-1)49-34-39-53(40-35-49)70(54-41-36-50(37-42-54)48-20-6-2-7-21-48)66-32-16-29-61-60(66)28-17-33-67(61)71(52-23-8-3-9-24-52)55-43-45-59-57-26-12-14-30-63(57)69(65(59)46-55)64-31-15-13-27-58(64)62-44-38-51-22-10-11-25-56(51)68(62)69/h1-46H. The van der Waals surface area contributed by atoms with Gasteiger partial charge in [0.2, 0.25) is 0 Å². The molecule has 12 aromatic rings. The highest BCUT2D eigenvalue weighted by atomic mass is 15.2. The molecule has 0 aliphatic heterocycles. The van der Waals surface area contributed by atoms with Crippen molar-refractivity contribution in [1.82, 2.24) is 0 Å². The quantitative estimate of drug-likeness (QED) is 0.150. The third kappa shape index (κ3) is 6.35. The fraction of sp³-hybridized carbons (Fsp3) is 0.0145. The maximum atomic E-state index is 2.51. The maximum Gasteiger partial charge on any atom is 0.0732 e. The first kappa shape index (κ1) is 40.8. The molecule has 0 radical (unpaired) electrons. The van der Waals surface area contributed by atoms with Crippen LogP contribution in [0.5, 0.6) is 0 Å². The lowest BCUT2D eigenvalue weighted by molar-refractivity contribution is 0.801. The molecule has 2 heteroatoms. The largest absolute Gasteiger partial charge is 0.310 e. The van der Waals surface area contributed by atoms with Gasteiger partial charge in [-0.15, -0.1) is 0 Å². The van der Waals surface area contributed by atoms with Gasteiger partial charge in [-0.25, -0.2) is 0 Å². The van der Waals surface area contributed by atoms with Crippen LogP contribution in [-0.2, 0) is 5.41 Å². The van der Waals surface area contributed by atoms with Gasteiger partial charge in [0.1, 0.15) is 0 Å². The summed E-state index contributed by atoms with van der Waals surface area (Å²) < 4.78 is 0. The normalized spacial score (nSPS) is 14.0. The summed E-state index contributed by atoms with van der Waals surface area (Å²) in [5, 5.41) is 4.86. The Hall–Kier alpha value is -9.24. The zero-order chi connectivity index (χ0) is 46.9. The highest BCUT2D eigenvalue weighted by Gasteiger charge is 2.52. The van der Waals surface area contributed by atoms with Crippen LogP contribution in [0.15, 0.2) is 279 Å². The monoisotopic (exact) mass is 902 g/mol. The van der Waals surface area contributed by atoms with Crippen LogP contribution in [-0.4, -0.2) is 0 Å². The number of nitrogens with zero attached hydrogens (tertiary/aromatic N) is 2. The smallest absolute Gasteiger partial charge is 0.0732 e. The molecule has 0 aromatic heterocycles. The first-order valence-electron chi connectivity index (χ1n) is 24.6. The molecule has 332 valence electrons. The summed E-state index contributed by atoms with van der Waals surface area (Å²) in [5.74, 6) is 0. The van der Waals surface area contributed by atoms with E-state index < -0.39 is 5.41 Å². The Morgan fingerprint density at radius 3 is 1.24 bits per heavy atom.